The Balaban J connectivity index is 0.00000169. The minimum absolute atomic E-state index is 0. The van der Waals surface area contributed by atoms with Gasteiger partial charge < -0.3 is 9.94 Å². The molecule has 1 aromatic carbocycles. The Bertz CT molecular complexity index is 353. The van der Waals surface area contributed by atoms with E-state index in [4.69, 9.17) is 5.11 Å². The molecule has 0 saturated carbocycles. The zero-order valence-corrected chi connectivity index (χ0v) is 9.52. The summed E-state index contributed by atoms with van der Waals surface area (Å²) in [4.78, 5) is 25.4. The molecule has 6 heteroatoms. The Morgan fingerprint density at radius 1 is 1.21 bits per heavy atom. The summed E-state index contributed by atoms with van der Waals surface area (Å²) in [5, 5.41) is 8.66. The minimum atomic E-state index is -1.19. The molecular formula is C8H7NO4Zr. The van der Waals surface area contributed by atoms with Crippen molar-refractivity contribution in [1.29, 1.82) is 0 Å². The van der Waals surface area contributed by atoms with Crippen LogP contribution in [0.3, 0.4) is 0 Å². The molecule has 0 atom stereocenters. The fourth-order valence-electron chi connectivity index (χ4n) is 0.911. The van der Waals surface area contributed by atoms with Crippen molar-refractivity contribution in [3.8, 4) is 0 Å². The van der Waals surface area contributed by atoms with E-state index in [0.29, 0.717) is 0 Å². The van der Waals surface area contributed by atoms with Crippen molar-refractivity contribution in [2.45, 2.75) is 0 Å². The van der Waals surface area contributed by atoms with Crippen LogP contribution in [0.2, 0.25) is 0 Å². The first-order chi connectivity index (χ1) is 6.16. The summed E-state index contributed by atoms with van der Waals surface area (Å²) in [6.07, 6.45) is 0. The van der Waals surface area contributed by atoms with Gasteiger partial charge in [-0.3, -0.25) is 0 Å². The van der Waals surface area contributed by atoms with Crippen molar-refractivity contribution in [3.05, 3.63) is 35.4 Å². The van der Waals surface area contributed by atoms with Gasteiger partial charge in [0, 0.05) is 26.2 Å². The second-order valence-corrected chi connectivity index (χ2v) is 2.26. The second kappa shape index (κ2) is 5.67. The molecule has 0 saturated heterocycles. The zero-order chi connectivity index (χ0) is 9.84. The fourth-order valence-corrected chi connectivity index (χ4v) is 0.911. The van der Waals surface area contributed by atoms with Gasteiger partial charge in [0.1, 0.15) is 0 Å². The first-order valence-corrected chi connectivity index (χ1v) is 3.40. The Labute approximate surface area is 98.9 Å². The van der Waals surface area contributed by atoms with Crippen LogP contribution in [-0.4, -0.2) is 17.0 Å². The molecule has 0 aliphatic carbocycles. The summed E-state index contributed by atoms with van der Waals surface area (Å²) in [6, 6.07) is 5.67. The summed E-state index contributed by atoms with van der Waals surface area (Å²) in [5.74, 6) is 2.57. The second-order valence-electron chi connectivity index (χ2n) is 2.26. The van der Waals surface area contributed by atoms with Gasteiger partial charge in [-0.25, -0.2) is 9.59 Å². The number of aromatic carboxylic acids is 1. The average Bonchev–Trinajstić information content (AvgIpc) is 2.16. The van der Waals surface area contributed by atoms with Gasteiger partial charge in [0.05, 0.1) is 11.1 Å². The Hall–Kier alpha value is -0.997. The average molecular weight is 272 g/mol. The standard InChI is InChI=1S/C8H7NO4.Zr/c9-13-8(12)6-4-2-1-3-5(6)7(10)11;/h1-4H,9H2,(H,10,11);. The van der Waals surface area contributed by atoms with Gasteiger partial charge in [-0.1, -0.05) is 12.1 Å². The van der Waals surface area contributed by atoms with E-state index in [2.05, 4.69) is 10.7 Å². The number of hydrogen-bond donors (Lipinski definition) is 2. The molecule has 0 heterocycles. The van der Waals surface area contributed by atoms with E-state index in [1.807, 2.05) is 0 Å². The van der Waals surface area contributed by atoms with E-state index in [9.17, 15) is 9.59 Å². The van der Waals surface area contributed by atoms with E-state index < -0.39 is 11.9 Å². The SMILES string of the molecule is NOC(=O)c1ccccc1C(=O)O.[Zr]. The zero-order valence-electron chi connectivity index (χ0n) is 7.06. The molecule has 3 N–H and O–H groups in total. The molecule has 5 nitrogen and oxygen atoms in total. The van der Waals surface area contributed by atoms with Crippen LogP contribution in [0.25, 0.3) is 0 Å². The third-order valence-electron chi connectivity index (χ3n) is 1.48. The van der Waals surface area contributed by atoms with Crippen LogP contribution in [0.15, 0.2) is 24.3 Å². The number of benzene rings is 1. The topological polar surface area (TPSA) is 89.6 Å². The monoisotopic (exact) mass is 271 g/mol. The molecule has 72 valence electrons. The van der Waals surface area contributed by atoms with Crippen LogP contribution in [0, 0.1) is 0 Å². The maximum atomic E-state index is 10.9. The predicted molar refractivity (Wildman–Crippen MR) is 43.0 cm³/mol. The third kappa shape index (κ3) is 2.75. The van der Waals surface area contributed by atoms with Crippen molar-refractivity contribution in [3.63, 3.8) is 0 Å². The third-order valence-corrected chi connectivity index (χ3v) is 1.48. The normalized spacial score (nSPS) is 8.64. The van der Waals surface area contributed by atoms with E-state index in [1.165, 1.54) is 24.3 Å². The van der Waals surface area contributed by atoms with Crippen molar-refractivity contribution in [1.82, 2.24) is 0 Å². The summed E-state index contributed by atoms with van der Waals surface area (Å²) in [5.41, 5.74) is -0.185. The first-order valence-electron chi connectivity index (χ1n) is 3.40. The van der Waals surface area contributed by atoms with Crippen molar-refractivity contribution in [2.24, 2.45) is 5.90 Å². The molecule has 0 aromatic heterocycles. The largest absolute Gasteiger partial charge is 0.478 e. The van der Waals surface area contributed by atoms with Crippen molar-refractivity contribution >= 4 is 11.9 Å². The molecule has 0 unspecified atom stereocenters. The van der Waals surface area contributed by atoms with E-state index >= 15 is 0 Å². The van der Waals surface area contributed by atoms with Gasteiger partial charge in [0.25, 0.3) is 0 Å². The summed E-state index contributed by atoms with van der Waals surface area (Å²) in [6.45, 7) is 0. The van der Waals surface area contributed by atoms with Gasteiger partial charge in [-0.15, -0.1) is 0 Å². The Morgan fingerprint density at radius 2 is 1.71 bits per heavy atom. The molecule has 0 spiro atoms. The summed E-state index contributed by atoms with van der Waals surface area (Å²) in [7, 11) is 0. The molecule has 0 aliphatic heterocycles. The minimum Gasteiger partial charge on any atom is -0.478 e. The maximum Gasteiger partial charge on any atom is 0.357 e. The quantitative estimate of drug-likeness (QED) is 0.761. The Morgan fingerprint density at radius 3 is 2.14 bits per heavy atom. The summed E-state index contributed by atoms with van der Waals surface area (Å²) < 4.78 is 0. The van der Waals surface area contributed by atoms with Gasteiger partial charge in [-0.2, -0.15) is 5.90 Å². The van der Waals surface area contributed by atoms with Crippen LogP contribution in [0.4, 0.5) is 0 Å². The van der Waals surface area contributed by atoms with Gasteiger partial charge in [0.15, 0.2) is 0 Å². The molecule has 0 amide bonds. The number of carboxylic acid groups (broad SMARTS) is 1. The molecule has 14 heavy (non-hydrogen) atoms. The molecule has 1 aromatic rings. The molecule has 0 bridgehead atoms. The molecule has 0 aliphatic rings. The number of hydrogen-bond acceptors (Lipinski definition) is 4. The van der Waals surface area contributed by atoms with Crippen molar-refractivity contribution < 1.29 is 45.7 Å². The molecular weight excluding hydrogens is 265 g/mol. The van der Waals surface area contributed by atoms with Gasteiger partial charge >= 0.3 is 11.9 Å². The molecule has 0 radical (unpaired) electrons. The number of carbonyl (C=O) groups is 2. The number of rotatable bonds is 2. The molecule has 0 fully saturated rings. The van der Waals surface area contributed by atoms with E-state index in [-0.39, 0.29) is 37.3 Å². The molecule has 1 rings (SSSR count). The van der Waals surface area contributed by atoms with E-state index in [0.717, 1.165) is 0 Å². The van der Waals surface area contributed by atoms with Crippen LogP contribution in [-0.2, 0) is 31.0 Å². The first kappa shape index (κ1) is 13.0. The van der Waals surface area contributed by atoms with E-state index in [1.54, 1.807) is 0 Å². The number of carbonyl (C=O) groups excluding carboxylic acids is 1. The van der Waals surface area contributed by atoms with Crippen molar-refractivity contribution in [2.75, 3.05) is 0 Å². The van der Waals surface area contributed by atoms with Gasteiger partial charge in [0.2, 0.25) is 0 Å². The predicted octanol–water partition coefficient (Wildman–Crippen LogP) is 0.413. The van der Waals surface area contributed by atoms with Crippen LogP contribution < -0.4 is 5.90 Å². The van der Waals surface area contributed by atoms with Crippen LogP contribution >= 0.6 is 0 Å². The number of nitrogens with two attached hydrogens (primary N) is 1. The van der Waals surface area contributed by atoms with Crippen LogP contribution in [0.5, 0.6) is 0 Å². The number of carboxylic acids is 1. The fraction of sp³-hybridized carbons (Fsp3) is 0. The smallest absolute Gasteiger partial charge is 0.357 e. The van der Waals surface area contributed by atoms with Crippen LogP contribution in [0.1, 0.15) is 20.7 Å². The Kier molecular flexibility index (Phi) is 5.27. The van der Waals surface area contributed by atoms with Gasteiger partial charge in [-0.05, 0) is 12.1 Å². The maximum absolute atomic E-state index is 10.9. The summed E-state index contributed by atoms with van der Waals surface area (Å²) >= 11 is 0.